The molecule has 0 spiro atoms. The van der Waals surface area contributed by atoms with Gasteiger partial charge in [-0.15, -0.1) is 0 Å². The van der Waals surface area contributed by atoms with Crippen LogP contribution < -0.4 is 0 Å². The predicted octanol–water partition coefficient (Wildman–Crippen LogP) is 3.33. The first-order chi connectivity index (χ1) is 3.06. The van der Waals surface area contributed by atoms with Crippen LogP contribution in [0.5, 0.6) is 0 Å². The summed E-state index contributed by atoms with van der Waals surface area (Å²) in [5.74, 6) is 0.699. The van der Waals surface area contributed by atoms with E-state index in [1.54, 1.807) is 0 Å². The van der Waals surface area contributed by atoms with Crippen molar-refractivity contribution in [3.8, 4) is 0 Å². The van der Waals surface area contributed by atoms with E-state index in [9.17, 15) is 4.57 Å². The average molecular weight is 179 g/mol. The molecule has 0 atom stereocenters. The molecule has 0 aliphatic rings. The Hall–Kier alpha value is 1.16. The number of hydrogen-bond donors (Lipinski definition) is 0. The van der Waals surface area contributed by atoms with Gasteiger partial charge in [-0.25, -0.2) is 0 Å². The maximum Gasteiger partial charge on any atom is 0.307 e. The van der Waals surface area contributed by atoms with Crippen molar-refractivity contribution in [3.63, 3.8) is 0 Å². The molecule has 0 saturated carbocycles. The molecule has 0 N–H and O–H groups in total. The van der Waals surface area contributed by atoms with Gasteiger partial charge >= 0.3 is 5.05 Å². The van der Waals surface area contributed by atoms with E-state index in [1.807, 2.05) is 6.92 Å². The molecular weight excluding hydrogens is 174 g/mol. The van der Waals surface area contributed by atoms with Crippen molar-refractivity contribution >= 4 is 38.9 Å². The lowest BCUT2D eigenvalue weighted by atomic mass is 11.0. The molecule has 0 unspecified atom stereocenters. The summed E-state index contributed by atoms with van der Waals surface area (Å²) in [6, 6.07) is 0. The number of rotatable bonds is 2. The quantitative estimate of drug-likeness (QED) is 0.604. The third kappa shape index (κ3) is 7.16. The van der Waals surface area contributed by atoms with Crippen LogP contribution in [0.3, 0.4) is 0 Å². The van der Waals surface area contributed by atoms with Crippen molar-refractivity contribution in [3.05, 3.63) is 0 Å². The zero-order valence-electron chi connectivity index (χ0n) is 3.73. The van der Waals surface area contributed by atoms with Gasteiger partial charge in [-0.3, -0.25) is 4.57 Å². The molecular formula is C2H5Cl2OPS. The molecule has 0 aromatic rings. The predicted molar refractivity (Wildman–Crippen MR) is 37.4 cm³/mol. The van der Waals surface area contributed by atoms with Gasteiger partial charge in [-0.1, -0.05) is 18.3 Å². The fourth-order valence-corrected chi connectivity index (χ4v) is 3.11. The van der Waals surface area contributed by atoms with E-state index in [-0.39, 0.29) is 0 Å². The van der Waals surface area contributed by atoms with Gasteiger partial charge in [0.2, 0.25) is 0 Å². The maximum absolute atomic E-state index is 10.3. The summed E-state index contributed by atoms with van der Waals surface area (Å²) in [6.07, 6.45) is 0. The molecule has 1 nitrogen and oxygen atoms in total. The van der Waals surface area contributed by atoms with E-state index in [1.165, 1.54) is 0 Å². The van der Waals surface area contributed by atoms with E-state index in [0.29, 0.717) is 5.75 Å². The van der Waals surface area contributed by atoms with Gasteiger partial charge in [0, 0.05) is 0 Å². The molecule has 0 saturated heterocycles. The minimum atomic E-state index is -2.80. The van der Waals surface area contributed by atoms with Crippen molar-refractivity contribution in [2.24, 2.45) is 0 Å². The van der Waals surface area contributed by atoms with Crippen LogP contribution in [0, 0.1) is 0 Å². The highest BCUT2D eigenvalue weighted by molar-refractivity contribution is 8.72. The molecule has 0 aliphatic heterocycles. The average Bonchev–Trinajstić information content (AvgIpc) is 1.30. The zero-order chi connectivity index (χ0) is 5.91. The van der Waals surface area contributed by atoms with Crippen LogP contribution in [0.15, 0.2) is 0 Å². The molecule has 0 fully saturated rings. The monoisotopic (exact) mass is 178 g/mol. The van der Waals surface area contributed by atoms with Gasteiger partial charge in [-0.05, 0) is 28.2 Å². The first kappa shape index (κ1) is 8.16. The van der Waals surface area contributed by atoms with Crippen LogP contribution in [0.4, 0.5) is 0 Å². The highest BCUT2D eigenvalue weighted by Crippen LogP contribution is 2.67. The van der Waals surface area contributed by atoms with Crippen LogP contribution in [-0.4, -0.2) is 5.75 Å². The maximum atomic E-state index is 10.3. The van der Waals surface area contributed by atoms with E-state index >= 15 is 0 Å². The highest BCUT2D eigenvalue weighted by Gasteiger charge is 2.10. The lowest BCUT2D eigenvalue weighted by Crippen LogP contribution is -1.54. The van der Waals surface area contributed by atoms with Crippen LogP contribution in [0.2, 0.25) is 0 Å². The Morgan fingerprint density at radius 3 is 2.14 bits per heavy atom. The van der Waals surface area contributed by atoms with Crippen LogP contribution in [0.25, 0.3) is 0 Å². The van der Waals surface area contributed by atoms with E-state index < -0.39 is 5.05 Å². The van der Waals surface area contributed by atoms with E-state index in [0.717, 1.165) is 11.4 Å². The molecule has 0 aliphatic carbocycles. The number of hydrogen-bond acceptors (Lipinski definition) is 2. The molecule has 0 radical (unpaired) electrons. The third-order valence-electron chi connectivity index (χ3n) is 0.279. The Morgan fingerprint density at radius 1 is 1.71 bits per heavy atom. The van der Waals surface area contributed by atoms with Crippen molar-refractivity contribution in [1.29, 1.82) is 0 Å². The first-order valence-electron chi connectivity index (χ1n) is 1.70. The van der Waals surface area contributed by atoms with Gasteiger partial charge in [0.05, 0.1) is 0 Å². The second-order valence-electron chi connectivity index (χ2n) is 0.832. The zero-order valence-corrected chi connectivity index (χ0v) is 6.95. The SMILES string of the molecule is CCSP(=O)(Cl)Cl. The minimum Gasteiger partial charge on any atom is -0.277 e. The summed E-state index contributed by atoms with van der Waals surface area (Å²) in [5.41, 5.74) is 0. The van der Waals surface area contributed by atoms with Gasteiger partial charge in [0.15, 0.2) is 0 Å². The largest absolute Gasteiger partial charge is 0.307 e. The highest BCUT2D eigenvalue weighted by atomic mass is 35.9. The summed E-state index contributed by atoms with van der Waals surface area (Å²) >= 11 is 11.3. The Bertz CT molecular complexity index is 89.7. The fraction of sp³-hybridized carbons (Fsp3) is 1.00. The standard InChI is InChI=1S/C2H5Cl2OPS/c1-2-7-6(3,4)5/h2H2,1H3. The summed E-state index contributed by atoms with van der Waals surface area (Å²) in [4.78, 5) is 0. The van der Waals surface area contributed by atoms with Gasteiger partial charge in [0.1, 0.15) is 0 Å². The lowest BCUT2D eigenvalue weighted by molar-refractivity contribution is 0.600. The van der Waals surface area contributed by atoms with Crippen molar-refractivity contribution in [2.45, 2.75) is 6.92 Å². The molecule has 0 aromatic heterocycles. The summed E-state index contributed by atoms with van der Waals surface area (Å²) in [5, 5.41) is -2.80. The Labute approximate surface area is 56.5 Å². The molecule has 7 heavy (non-hydrogen) atoms. The normalized spacial score (nSPS) is 11.9. The van der Waals surface area contributed by atoms with Crippen LogP contribution in [-0.2, 0) is 4.57 Å². The van der Waals surface area contributed by atoms with E-state index in [4.69, 9.17) is 22.5 Å². The third-order valence-corrected chi connectivity index (χ3v) is 4.27. The summed E-state index contributed by atoms with van der Waals surface area (Å²) < 4.78 is 10.3. The Kier molecular flexibility index (Phi) is 3.77. The van der Waals surface area contributed by atoms with Crippen molar-refractivity contribution in [1.82, 2.24) is 0 Å². The smallest absolute Gasteiger partial charge is 0.277 e. The second kappa shape index (κ2) is 3.24. The first-order valence-corrected chi connectivity index (χ1v) is 6.81. The summed E-state index contributed by atoms with van der Waals surface area (Å²) in [7, 11) is 0. The van der Waals surface area contributed by atoms with E-state index in [2.05, 4.69) is 0 Å². The second-order valence-corrected chi connectivity index (χ2v) is 9.39. The number of halogens is 2. The van der Waals surface area contributed by atoms with Crippen molar-refractivity contribution in [2.75, 3.05) is 5.75 Å². The Balaban J connectivity index is 3.36. The molecule has 5 heteroatoms. The fourth-order valence-electron chi connectivity index (χ4n) is 0.150. The topological polar surface area (TPSA) is 17.1 Å². The van der Waals surface area contributed by atoms with Gasteiger partial charge < -0.3 is 0 Å². The van der Waals surface area contributed by atoms with Crippen molar-refractivity contribution < 1.29 is 4.57 Å². The Morgan fingerprint density at radius 2 is 2.14 bits per heavy atom. The van der Waals surface area contributed by atoms with Gasteiger partial charge in [0.25, 0.3) is 0 Å². The molecule has 0 bridgehead atoms. The summed E-state index contributed by atoms with van der Waals surface area (Å²) in [6.45, 7) is 1.85. The van der Waals surface area contributed by atoms with Crippen LogP contribution in [0.1, 0.15) is 6.92 Å². The van der Waals surface area contributed by atoms with Gasteiger partial charge in [-0.2, -0.15) is 0 Å². The molecule has 0 heterocycles. The molecule has 44 valence electrons. The van der Waals surface area contributed by atoms with Crippen LogP contribution >= 0.6 is 38.9 Å². The molecule has 0 rings (SSSR count). The molecule has 0 aromatic carbocycles. The lowest BCUT2D eigenvalue weighted by Gasteiger charge is -1.92. The molecule has 0 amide bonds. The minimum absolute atomic E-state index is 0.699.